The van der Waals surface area contributed by atoms with Crippen molar-refractivity contribution < 1.29 is 13.2 Å². The third-order valence-electron chi connectivity index (χ3n) is 6.16. The van der Waals surface area contributed by atoms with Crippen molar-refractivity contribution in [2.45, 2.75) is 37.2 Å². The van der Waals surface area contributed by atoms with Gasteiger partial charge < -0.3 is 4.90 Å². The van der Waals surface area contributed by atoms with E-state index < -0.39 is 10.0 Å². The SMILES string of the molecule is Cc1ccc(-c2ccc(S(=O)(=O)N3CC(n4cc(CN5CCCC5=O)nn4)C3)cc2)cc1. The molecular formula is C23H25N5O3S. The number of sulfonamides is 1. The first-order valence-electron chi connectivity index (χ1n) is 10.8. The van der Waals surface area contributed by atoms with Crippen LogP contribution in [0.4, 0.5) is 0 Å². The first-order valence-corrected chi connectivity index (χ1v) is 12.2. The summed E-state index contributed by atoms with van der Waals surface area (Å²) in [5, 5.41) is 8.31. The predicted octanol–water partition coefficient (Wildman–Crippen LogP) is 2.62. The quantitative estimate of drug-likeness (QED) is 0.575. The molecule has 0 atom stereocenters. The number of carbonyl (C=O) groups excluding carboxylic acids is 1. The monoisotopic (exact) mass is 451 g/mol. The zero-order valence-electron chi connectivity index (χ0n) is 17.9. The van der Waals surface area contributed by atoms with Crippen LogP contribution in [0, 0.1) is 6.92 Å². The van der Waals surface area contributed by atoms with Crippen LogP contribution in [0.25, 0.3) is 11.1 Å². The van der Waals surface area contributed by atoms with E-state index in [2.05, 4.69) is 10.3 Å². The van der Waals surface area contributed by atoms with Crippen LogP contribution in [-0.4, -0.2) is 58.2 Å². The number of hydrogen-bond donors (Lipinski definition) is 0. The summed E-state index contributed by atoms with van der Waals surface area (Å²) in [6.45, 7) is 3.96. The number of aryl methyl sites for hydroxylation is 1. The highest BCUT2D eigenvalue weighted by molar-refractivity contribution is 7.89. The van der Waals surface area contributed by atoms with E-state index in [9.17, 15) is 13.2 Å². The van der Waals surface area contributed by atoms with Crippen LogP contribution < -0.4 is 0 Å². The molecule has 166 valence electrons. The van der Waals surface area contributed by atoms with Gasteiger partial charge in [-0.25, -0.2) is 13.1 Å². The lowest BCUT2D eigenvalue weighted by molar-refractivity contribution is -0.128. The summed E-state index contributed by atoms with van der Waals surface area (Å²) in [6.07, 6.45) is 3.29. The van der Waals surface area contributed by atoms with Crippen LogP contribution in [-0.2, 0) is 21.4 Å². The highest BCUT2D eigenvalue weighted by Gasteiger charge is 2.38. The van der Waals surface area contributed by atoms with Crippen LogP contribution in [0.1, 0.15) is 30.1 Å². The van der Waals surface area contributed by atoms with Crippen LogP contribution in [0.15, 0.2) is 59.6 Å². The van der Waals surface area contributed by atoms with E-state index in [4.69, 9.17) is 0 Å². The average molecular weight is 452 g/mol. The summed E-state index contributed by atoms with van der Waals surface area (Å²) < 4.78 is 29.2. The van der Waals surface area contributed by atoms with Gasteiger partial charge in [0.15, 0.2) is 0 Å². The van der Waals surface area contributed by atoms with E-state index in [0.717, 1.165) is 29.8 Å². The highest BCUT2D eigenvalue weighted by Crippen LogP contribution is 2.29. The van der Waals surface area contributed by atoms with Gasteiger partial charge in [0, 0.05) is 26.1 Å². The fourth-order valence-corrected chi connectivity index (χ4v) is 5.64. The van der Waals surface area contributed by atoms with E-state index in [1.54, 1.807) is 21.7 Å². The summed E-state index contributed by atoms with van der Waals surface area (Å²) in [5.41, 5.74) is 3.95. The summed E-state index contributed by atoms with van der Waals surface area (Å²) in [6, 6.07) is 15.1. The molecule has 2 aliphatic rings. The summed E-state index contributed by atoms with van der Waals surface area (Å²) >= 11 is 0. The second-order valence-electron chi connectivity index (χ2n) is 8.47. The van der Waals surface area contributed by atoms with Crippen LogP contribution in [0.2, 0.25) is 0 Å². The van der Waals surface area contributed by atoms with Crippen molar-refractivity contribution in [1.29, 1.82) is 0 Å². The van der Waals surface area contributed by atoms with E-state index >= 15 is 0 Å². The van der Waals surface area contributed by atoms with Gasteiger partial charge in [0.25, 0.3) is 0 Å². The molecule has 0 radical (unpaired) electrons. The number of benzene rings is 2. The lowest BCUT2D eigenvalue weighted by Crippen LogP contribution is -2.50. The maximum Gasteiger partial charge on any atom is 0.243 e. The second kappa shape index (κ2) is 8.14. The molecule has 3 aromatic rings. The normalized spacial score (nSPS) is 17.7. The number of likely N-dealkylation sites (tertiary alicyclic amines) is 1. The molecule has 2 fully saturated rings. The molecular weight excluding hydrogens is 426 g/mol. The highest BCUT2D eigenvalue weighted by atomic mass is 32.2. The molecule has 0 N–H and O–H groups in total. The van der Waals surface area contributed by atoms with Crippen LogP contribution >= 0.6 is 0 Å². The molecule has 0 unspecified atom stereocenters. The van der Waals surface area contributed by atoms with Gasteiger partial charge >= 0.3 is 0 Å². The van der Waals surface area contributed by atoms with E-state index in [1.165, 1.54) is 9.87 Å². The van der Waals surface area contributed by atoms with Gasteiger partial charge in [-0.15, -0.1) is 5.10 Å². The molecule has 3 heterocycles. The van der Waals surface area contributed by atoms with Crippen molar-refractivity contribution in [3.63, 3.8) is 0 Å². The van der Waals surface area contributed by atoms with Crippen LogP contribution in [0.5, 0.6) is 0 Å². The zero-order chi connectivity index (χ0) is 22.3. The summed E-state index contributed by atoms with van der Waals surface area (Å²) in [4.78, 5) is 13.9. The third kappa shape index (κ3) is 3.93. The van der Waals surface area contributed by atoms with Gasteiger partial charge in [-0.2, -0.15) is 4.31 Å². The minimum absolute atomic E-state index is 0.0489. The first-order chi connectivity index (χ1) is 15.4. The molecule has 1 amide bonds. The minimum Gasteiger partial charge on any atom is -0.337 e. The molecule has 32 heavy (non-hydrogen) atoms. The van der Waals surface area contributed by atoms with E-state index in [-0.39, 0.29) is 11.9 Å². The van der Waals surface area contributed by atoms with Gasteiger partial charge in [-0.1, -0.05) is 47.2 Å². The van der Waals surface area contributed by atoms with Crippen molar-refractivity contribution in [2.75, 3.05) is 19.6 Å². The Morgan fingerprint density at radius 3 is 2.28 bits per heavy atom. The Morgan fingerprint density at radius 1 is 1.00 bits per heavy atom. The number of amides is 1. The van der Waals surface area contributed by atoms with Gasteiger partial charge in [-0.3, -0.25) is 4.79 Å². The fourth-order valence-electron chi connectivity index (χ4n) is 4.13. The molecule has 9 heteroatoms. The predicted molar refractivity (Wildman–Crippen MR) is 119 cm³/mol. The molecule has 5 rings (SSSR count). The standard InChI is InChI=1S/C23H25N5O3S/c1-17-4-6-18(7-5-17)19-8-10-22(11-9-19)32(30,31)27-15-21(16-27)28-14-20(24-25-28)13-26-12-2-3-23(26)29/h4-11,14,21H,2-3,12-13,15-16H2,1H3. The van der Waals surface area contributed by atoms with Gasteiger partial charge in [0.05, 0.1) is 23.7 Å². The number of nitrogens with zero attached hydrogens (tertiary/aromatic N) is 5. The molecule has 0 aliphatic carbocycles. The summed E-state index contributed by atoms with van der Waals surface area (Å²) in [7, 11) is -3.55. The van der Waals surface area contributed by atoms with E-state index in [1.807, 2.05) is 49.5 Å². The lowest BCUT2D eigenvalue weighted by atomic mass is 10.0. The minimum atomic E-state index is -3.55. The zero-order valence-corrected chi connectivity index (χ0v) is 18.7. The molecule has 2 aromatic carbocycles. The van der Waals surface area contributed by atoms with Crippen molar-refractivity contribution in [2.24, 2.45) is 0 Å². The molecule has 2 aliphatic heterocycles. The van der Waals surface area contributed by atoms with Crippen molar-refractivity contribution in [1.82, 2.24) is 24.2 Å². The Kier molecular flexibility index (Phi) is 5.30. The number of aromatic nitrogens is 3. The molecule has 0 bridgehead atoms. The Labute approximate surface area is 187 Å². The Hall–Kier alpha value is -3.04. The number of rotatable bonds is 6. The van der Waals surface area contributed by atoms with E-state index in [0.29, 0.717) is 31.0 Å². The number of carbonyl (C=O) groups is 1. The van der Waals surface area contributed by atoms with Gasteiger partial charge in [0.1, 0.15) is 5.69 Å². The molecule has 8 nitrogen and oxygen atoms in total. The summed E-state index contributed by atoms with van der Waals surface area (Å²) in [5.74, 6) is 0.147. The molecule has 2 saturated heterocycles. The van der Waals surface area contributed by atoms with Crippen molar-refractivity contribution >= 4 is 15.9 Å². The molecule has 0 spiro atoms. The Morgan fingerprint density at radius 2 is 1.66 bits per heavy atom. The van der Waals surface area contributed by atoms with Gasteiger partial charge in [0.2, 0.25) is 15.9 Å². The van der Waals surface area contributed by atoms with Gasteiger partial charge in [-0.05, 0) is 36.6 Å². The van der Waals surface area contributed by atoms with Crippen molar-refractivity contribution in [3.8, 4) is 11.1 Å². The molecule has 1 aromatic heterocycles. The smallest absolute Gasteiger partial charge is 0.243 e. The fraction of sp³-hybridized carbons (Fsp3) is 0.348. The molecule has 0 saturated carbocycles. The topological polar surface area (TPSA) is 88.4 Å². The average Bonchev–Trinajstić information content (AvgIpc) is 3.37. The first kappa shape index (κ1) is 20.8. The van der Waals surface area contributed by atoms with Crippen LogP contribution in [0.3, 0.4) is 0 Å². The number of hydrogen-bond acceptors (Lipinski definition) is 5. The second-order valence-corrected chi connectivity index (χ2v) is 10.4. The van der Waals surface area contributed by atoms with Crippen molar-refractivity contribution in [3.05, 3.63) is 66.0 Å². The lowest BCUT2D eigenvalue weighted by Gasteiger charge is -2.37. The largest absolute Gasteiger partial charge is 0.337 e. The Bertz CT molecular complexity index is 1230. The third-order valence-corrected chi connectivity index (χ3v) is 8.01. The maximum absolute atomic E-state index is 13.0. The Balaban J connectivity index is 1.22. The maximum atomic E-state index is 13.0.